The van der Waals surface area contributed by atoms with Crippen molar-refractivity contribution in [2.24, 2.45) is 5.14 Å². The molecule has 2 rings (SSSR count). The Bertz CT molecular complexity index is 970. The molecule has 0 unspecified atom stereocenters. The average molecular weight is 394 g/mol. The van der Waals surface area contributed by atoms with Crippen LogP contribution in [0.15, 0.2) is 53.4 Å². The van der Waals surface area contributed by atoms with Crippen LogP contribution in [0.4, 0.5) is 18.9 Å². The lowest BCUT2D eigenvalue weighted by Gasteiger charge is -2.14. The normalized spacial score (nSPS) is 12.8. The maximum absolute atomic E-state index is 13.0. The van der Waals surface area contributed by atoms with Gasteiger partial charge in [-0.05, 0) is 29.8 Å². The molecule has 6 nitrogen and oxygen atoms in total. The van der Waals surface area contributed by atoms with Crippen molar-refractivity contribution in [3.05, 3.63) is 59.7 Å². The summed E-state index contributed by atoms with van der Waals surface area (Å²) in [4.78, 5) is -0.906. The molecule has 0 amide bonds. The summed E-state index contributed by atoms with van der Waals surface area (Å²) in [5, 5.41) is 4.89. The lowest BCUT2D eigenvalue weighted by Crippen LogP contribution is -2.19. The van der Waals surface area contributed by atoms with Crippen LogP contribution in [0.3, 0.4) is 0 Å². The molecule has 0 heterocycles. The van der Waals surface area contributed by atoms with E-state index in [1.54, 1.807) is 0 Å². The van der Waals surface area contributed by atoms with Gasteiger partial charge in [0.25, 0.3) is 10.0 Å². The predicted octanol–water partition coefficient (Wildman–Crippen LogP) is 2.29. The summed E-state index contributed by atoms with van der Waals surface area (Å²) >= 11 is 0. The Labute approximate surface area is 142 Å². The largest absolute Gasteiger partial charge is 0.417 e. The van der Waals surface area contributed by atoms with Crippen LogP contribution in [-0.4, -0.2) is 16.8 Å². The summed E-state index contributed by atoms with van der Waals surface area (Å²) in [7, 11) is -8.24. The van der Waals surface area contributed by atoms with E-state index < -0.39 is 42.4 Å². The van der Waals surface area contributed by atoms with Crippen molar-refractivity contribution in [3.63, 3.8) is 0 Å². The lowest BCUT2D eigenvalue weighted by molar-refractivity contribution is -0.139. The molecule has 25 heavy (non-hydrogen) atoms. The fourth-order valence-electron chi connectivity index (χ4n) is 2.05. The maximum Gasteiger partial charge on any atom is 0.417 e. The van der Waals surface area contributed by atoms with Crippen molar-refractivity contribution >= 4 is 25.7 Å². The molecule has 136 valence electrons. The van der Waals surface area contributed by atoms with E-state index in [2.05, 4.69) is 0 Å². The van der Waals surface area contributed by atoms with Gasteiger partial charge in [0.2, 0.25) is 10.0 Å². The van der Waals surface area contributed by atoms with Crippen LogP contribution in [0.5, 0.6) is 0 Å². The molecule has 0 aliphatic rings. The van der Waals surface area contributed by atoms with Crippen LogP contribution in [-0.2, 0) is 32.0 Å². The highest BCUT2D eigenvalue weighted by atomic mass is 32.2. The van der Waals surface area contributed by atoms with E-state index in [9.17, 15) is 30.0 Å². The third-order valence-corrected chi connectivity index (χ3v) is 5.23. The zero-order valence-corrected chi connectivity index (χ0v) is 14.1. The number of halogens is 3. The van der Waals surface area contributed by atoms with Crippen molar-refractivity contribution in [3.8, 4) is 0 Å². The monoisotopic (exact) mass is 394 g/mol. The van der Waals surface area contributed by atoms with Crippen LogP contribution in [0.25, 0.3) is 0 Å². The van der Waals surface area contributed by atoms with Gasteiger partial charge in [0, 0.05) is 5.69 Å². The van der Waals surface area contributed by atoms with Crippen molar-refractivity contribution in [2.45, 2.75) is 16.8 Å². The number of sulfonamides is 2. The first kappa shape index (κ1) is 19.2. The molecular weight excluding hydrogens is 381 g/mol. The quantitative estimate of drug-likeness (QED) is 0.811. The van der Waals surface area contributed by atoms with Gasteiger partial charge in [0.15, 0.2) is 0 Å². The summed E-state index contributed by atoms with van der Waals surface area (Å²) < 4.78 is 87.4. The fraction of sp³-hybridized carbons (Fsp3) is 0.143. The smallest absolute Gasteiger partial charge is 0.280 e. The van der Waals surface area contributed by atoms with E-state index >= 15 is 0 Å². The fourth-order valence-corrected chi connectivity index (χ4v) is 3.99. The average Bonchev–Trinajstić information content (AvgIpc) is 2.47. The summed E-state index contributed by atoms with van der Waals surface area (Å²) in [6, 6.07) is 8.85. The molecule has 0 fully saturated rings. The molecule has 11 heteroatoms. The highest BCUT2D eigenvalue weighted by Gasteiger charge is 2.36. The number of primary sulfonamides is 1. The van der Waals surface area contributed by atoms with Crippen molar-refractivity contribution in [2.75, 3.05) is 4.72 Å². The third-order valence-electron chi connectivity index (χ3n) is 3.06. The first-order chi connectivity index (χ1) is 11.4. The minimum Gasteiger partial charge on any atom is -0.280 e. The van der Waals surface area contributed by atoms with E-state index in [0.29, 0.717) is 11.6 Å². The van der Waals surface area contributed by atoms with E-state index in [1.165, 1.54) is 30.3 Å². The van der Waals surface area contributed by atoms with Gasteiger partial charge in [-0.25, -0.2) is 22.0 Å². The predicted molar refractivity (Wildman–Crippen MR) is 85.5 cm³/mol. The standard InChI is InChI=1S/C14H13F3N2O4S2/c15-14(16,17)12-3-1-2-4-13(12)25(22,23)19-11-7-5-10(6-8-11)9-24(18,20)21/h1-8,19H,9H2,(H2,18,20,21). The minimum atomic E-state index is -4.83. The second-order valence-corrected chi connectivity index (χ2v) is 8.37. The van der Waals surface area contributed by atoms with E-state index in [1.807, 2.05) is 4.72 Å². The SMILES string of the molecule is NS(=O)(=O)Cc1ccc(NS(=O)(=O)c2ccccc2C(F)(F)F)cc1. The van der Waals surface area contributed by atoms with Crippen molar-refractivity contribution < 1.29 is 30.0 Å². The molecule has 0 aliphatic heterocycles. The highest BCUT2D eigenvalue weighted by Crippen LogP contribution is 2.34. The van der Waals surface area contributed by atoms with Gasteiger partial charge < -0.3 is 0 Å². The van der Waals surface area contributed by atoms with Crippen LogP contribution < -0.4 is 9.86 Å². The number of rotatable bonds is 5. The third kappa shape index (κ3) is 5.18. The molecule has 3 N–H and O–H groups in total. The zero-order chi connectivity index (χ0) is 18.9. The van der Waals surface area contributed by atoms with E-state index in [0.717, 1.165) is 12.1 Å². The van der Waals surface area contributed by atoms with Gasteiger partial charge in [-0.1, -0.05) is 24.3 Å². The first-order valence-electron chi connectivity index (χ1n) is 6.67. The molecule has 0 aliphatic carbocycles. The van der Waals surface area contributed by atoms with Gasteiger partial charge >= 0.3 is 6.18 Å². The zero-order valence-electron chi connectivity index (χ0n) is 12.5. The Morgan fingerprint density at radius 3 is 2.00 bits per heavy atom. The van der Waals surface area contributed by atoms with Crippen LogP contribution >= 0.6 is 0 Å². The van der Waals surface area contributed by atoms with Crippen molar-refractivity contribution in [1.82, 2.24) is 0 Å². The first-order valence-corrected chi connectivity index (χ1v) is 9.87. The Morgan fingerprint density at radius 2 is 1.48 bits per heavy atom. The lowest BCUT2D eigenvalue weighted by atomic mass is 10.2. The molecule has 0 radical (unpaired) electrons. The number of hydrogen-bond donors (Lipinski definition) is 2. The summed E-state index contributed by atoms with van der Waals surface area (Å²) in [5.74, 6) is -0.447. The number of nitrogens with one attached hydrogen (secondary N) is 1. The summed E-state index contributed by atoms with van der Waals surface area (Å²) in [6.45, 7) is 0. The molecule has 0 saturated heterocycles. The highest BCUT2D eigenvalue weighted by molar-refractivity contribution is 7.92. The molecule has 0 spiro atoms. The Morgan fingerprint density at radius 1 is 0.920 bits per heavy atom. The van der Waals surface area contributed by atoms with Gasteiger partial charge in [0.05, 0.1) is 16.2 Å². The van der Waals surface area contributed by atoms with Crippen LogP contribution in [0, 0.1) is 0 Å². The Hall–Kier alpha value is -2.11. The molecule has 0 saturated carbocycles. The second-order valence-electron chi connectivity index (χ2n) is 5.10. The number of anilines is 1. The summed E-state index contributed by atoms with van der Waals surface area (Å²) in [6.07, 6.45) is -4.83. The topological polar surface area (TPSA) is 106 Å². The summed E-state index contributed by atoms with van der Waals surface area (Å²) in [5.41, 5.74) is -0.996. The number of alkyl halides is 3. The molecule has 0 aromatic heterocycles. The molecule has 2 aromatic carbocycles. The minimum absolute atomic E-state index is 0.0184. The van der Waals surface area contributed by atoms with Crippen LogP contribution in [0.2, 0.25) is 0 Å². The second kappa shape index (κ2) is 6.65. The Kier molecular flexibility index (Phi) is 5.11. The van der Waals surface area contributed by atoms with Gasteiger partial charge in [-0.3, -0.25) is 4.72 Å². The van der Waals surface area contributed by atoms with Gasteiger partial charge in [-0.15, -0.1) is 0 Å². The molecule has 0 bridgehead atoms. The number of nitrogens with two attached hydrogens (primary N) is 1. The number of hydrogen-bond acceptors (Lipinski definition) is 4. The Balaban J connectivity index is 2.31. The van der Waals surface area contributed by atoms with E-state index in [4.69, 9.17) is 5.14 Å². The molecule has 2 aromatic rings. The van der Waals surface area contributed by atoms with Gasteiger partial charge in [0.1, 0.15) is 0 Å². The molecular formula is C14H13F3N2O4S2. The van der Waals surface area contributed by atoms with E-state index in [-0.39, 0.29) is 5.69 Å². The van der Waals surface area contributed by atoms with Gasteiger partial charge in [-0.2, -0.15) is 13.2 Å². The van der Waals surface area contributed by atoms with Crippen LogP contribution in [0.1, 0.15) is 11.1 Å². The number of benzene rings is 2. The molecule has 0 atom stereocenters. The van der Waals surface area contributed by atoms with Crippen molar-refractivity contribution in [1.29, 1.82) is 0 Å². The maximum atomic E-state index is 13.0.